The number of methoxy groups -OCH3 is 1. The van der Waals surface area contributed by atoms with Crippen LogP contribution in [0.25, 0.3) is 0 Å². The van der Waals surface area contributed by atoms with E-state index in [4.69, 9.17) is 4.74 Å². The molecule has 1 amide bonds. The van der Waals surface area contributed by atoms with Crippen LogP contribution in [0.4, 0.5) is 0 Å². The smallest absolute Gasteiger partial charge is 0.254 e. The van der Waals surface area contributed by atoms with Crippen LogP contribution in [0, 0.1) is 0 Å². The highest BCUT2D eigenvalue weighted by atomic mass is 16.5. The Morgan fingerprint density at radius 2 is 2.11 bits per heavy atom. The molecule has 1 aromatic carbocycles. The molecule has 1 aromatic heterocycles. The third-order valence-corrected chi connectivity index (χ3v) is 2.82. The standard InChI is InChI=1S/C14H17N3O2/c1-17-9-13(8-16-17)14(18)15-7-11-5-3-4-6-12(11)10-19-2/h3-6,8-9H,7,10H2,1-2H3,(H,15,18). The minimum atomic E-state index is -0.125. The molecule has 1 heterocycles. The largest absolute Gasteiger partial charge is 0.380 e. The summed E-state index contributed by atoms with van der Waals surface area (Å²) in [5, 5.41) is 6.86. The number of aryl methyl sites for hydroxylation is 1. The maximum atomic E-state index is 11.9. The number of ether oxygens (including phenoxy) is 1. The Morgan fingerprint density at radius 3 is 2.74 bits per heavy atom. The van der Waals surface area contributed by atoms with Crippen LogP contribution < -0.4 is 5.32 Å². The van der Waals surface area contributed by atoms with Gasteiger partial charge in [0.15, 0.2) is 0 Å². The van der Waals surface area contributed by atoms with Crippen molar-refractivity contribution in [3.63, 3.8) is 0 Å². The molecule has 0 aliphatic heterocycles. The van der Waals surface area contributed by atoms with Gasteiger partial charge in [0.25, 0.3) is 5.91 Å². The first-order chi connectivity index (χ1) is 9.20. The predicted molar refractivity (Wildman–Crippen MR) is 71.5 cm³/mol. The Bertz CT molecular complexity index is 563. The van der Waals surface area contributed by atoms with Gasteiger partial charge in [-0.15, -0.1) is 0 Å². The Labute approximate surface area is 112 Å². The van der Waals surface area contributed by atoms with E-state index < -0.39 is 0 Å². The van der Waals surface area contributed by atoms with Crippen molar-refractivity contribution < 1.29 is 9.53 Å². The number of carbonyl (C=O) groups is 1. The quantitative estimate of drug-likeness (QED) is 0.885. The van der Waals surface area contributed by atoms with Crippen LogP contribution in [0.5, 0.6) is 0 Å². The monoisotopic (exact) mass is 259 g/mol. The summed E-state index contributed by atoms with van der Waals surface area (Å²) in [4.78, 5) is 11.9. The lowest BCUT2D eigenvalue weighted by molar-refractivity contribution is 0.0950. The minimum absolute atomic E-state index is 0.125. The van der Waals surface area contributed by atoms with E-state index in [9.17, 15) is 4.79 Å². The van der Waals surface area contributed by atoms with Gasteiger partial charge in [0.05, 0.1) is 18.4 Å². The van der Waals surface area contributed by atoms with Gasteiger partial charge >= 0.3 is 0 Å². The highest BCUT2D eigenvalue weighted by Gasteiger charge is 2.08. The number of amides is 1. The fourth-order valence-electron chi connectivity index (χ4n) is 1.84. The molecule has 5 heteroatoms. The van der Waals surface area contributed by atoms with E-state index >= 15 is 0 Å². The third-order valence-electron chi connectivity index (χ3n) is 2.82. The molecule has 0 bridgehead atoms. The molecule has 100 valence electrons. The van der Waals surface area contributed by atoms with Crippen molar-refractivity contribution in [1.82, 2.24) is 15.1 Å². The Hall–Kier alpha value is -2.14. The van der Waals surface area contributed by atoms with Gasteiger partial charge in [-0.3, -0.25) is 9.48 Å². The van der Waals surface area contributed by atoms with Crippen molar-refractivity contribution in [2.45, 2.75) is 13.2 Å². The summed E-state index contributed by atoms with van der Waals surface area (Å²) in [7, 11) is 3.44. The van der Waals surface area contributed by atoms with Crippen molar-refractivity contribution in [2.75, 3.05) is 7.11 Å². The predicted octanol–water partition coefficient (Wildman–Crippen LogP) is 1.50. The van der Waals surface area contributed by atoms with Crippen LogP contribution in [0.2, 0.25) is 0 Å². The first-order valence-corrected chi connectivity index (χ1v) is 6.03. The van der Waals surface area contributed by atoms with Gasteiger partial charge in [0, 0.05) is 26.9 Å². The van der Waals surface area contributed by atoms with E-state index in [1.165, 1.54) is 0 Å². The first kappa shape index (κ1) is 13.3. The summed E-state index contributed by atoms with van der Waals surface area (Å²) < 4.78 is 6.74. The van der Waals surface area contributed by atoms with Crippen molar-refractivity contribution in [2.24, 2.45) is 7.05 Å². The number of benzene rings is 1. The highest BCUT2D eigenvalue weighted by molar-refractivity contribution is 5.93. The van der Waals surface area contributed by atoms with Crippen molar-refractivity contribution in [1.29, 1.82) is 0 Å². The molecule has 0 aliphatic rings. The second kappa shape index (κ2) is 6.15. The van der Waals surface area contributed by atoms with E-state index in [0.717, 1.165) is 11.1 Å². The SMILES string of the molecule is COCc1ccccc1CNC(=O)c1cnn(C)c1. The molecule has 0 aliphatic carbocycles. The average molecular weight is 259 g/mol. The van der Waals surface area contributed by atoms with E-state index in [-0.39, 0.29) is 5.91 Å². The van der Waals surface area contributed by atoms with Gasteiger partial charge in [-0.05, 0) is 11.1 Å². The number of hydrogen-bond acceptors (Lipinski definition) is 3. The molecular formula is C14H17N3O2. The van der Waals surface area contributed by atoms with Crippen LogP contribution in [-0.4, -0.2) is 22.8 Å². The van der Waals surface area contributed by atoms with Gasteiger partial charge in [-0.2, -0.15) is 5.10 Å². The lowest BCUT2D eigenvalue weighted by atomic mass is 10.1. The maximum Gasteiger partial charge on any atom is 0.254 e. The average Bonchev–Trinajstić information content (AvgIpc) is 2.84. The topological polar surface area (TPSA) is 56.1 Å². The van der Waals surface area contributed by atoms with Crippen LogP contribution >= 0.6 is 0 Å². The number of nitrogens with one attached hydrogen (secondary N) is 1. The zero-order valence-corrected chi connectivity index (χ0v) is 11.1. The number of nitrogens with zero attached hydrogens (tertiary/aromatic N) is 2. The van der Waals surface area contributed by atoms with Gasteiger partial charge in [-0.25, -0.2) is 0 Å². The molecule has 2 rings (SSSR count). The Balaban J connectivity index is 2.00. The molecule has 0 saturated carbocycles. The van der Waals surface area contributed by atoms with Crippen molar-refractivity contribution >= 4 is 5.91 Å². The van der Waals surface area contributed by atoms with Crippen molar-refractivity contribution in [3.8, 4) is 0 Å². The molecule has 5 nitrogen and oxygen atoms in total. The first-order valence-electron chi connectivity index (χ1n) is 6.03. The number of hydrogen-bond donors (Lipinski definition) is 1. The molecule has 0 radical (unpaired) electrons. The summed E-state index contributed by atoms with van der Waals surface area (Å²) in [5.74, 6) is -0.125. The van der Waals surface area contributed by atoms with Crippen LogP contribution in [0.15, 0.2) is 36.7 Å². The molecule has 0 saturated heterocycles. The summed E-state index contributed by atoms with van der Waals surface area (Å²) in [5.41, 5.74) is 2.70. The van der Waals surface area contributed by atoms with E-state index in [0.29, 0.717) is 18.7 Å². The molecule has 1 N–H and O–H groups in total. The Morgan fingerprint density at radius 1 is 1.37 bits per heavy atom. The molecular weight excluding hydrogens is 242 g/mol. The molecule has 0 atom stereocenters. The maximum absolute atomic E-state index is 11.9. The zero-order chi connectivity index (χ0) is 13.7. The number of aromatic nitrogens is 2. The van der Waals surface area contributed by atoms with Crippen LogP contribution in [-0.2, 0) is 24.9 Å². The van der Waals surface area contributed by atoms with Gasteiger partial charge in [0.1, 0.15) is 0 Å². The lowest BCUT2D eigenvalue weighted by Gasteiger charge is -2.09. The van der Waals surface area contributed by atoms with Crippen molar-refractivity contribution in [3.05, 3.63) is 53.3 Å². The minimum Gasteiger partial charge on any atom is -0.380 e. The molecule has 2 aromatic rings. The normalized spacial score (nSPS) is 10.4. The molecule has 0 fully saturated rings. The molecule has 0 unspecified atom stereocenters. The highest BCUT2D eigenvalue weighted by Crippen LogP contribution is 2.10. The van der Waals surface area contributed by atoms with Crippen LogP contribution in [0.1, 0.15) is 21.5 Å². The molecule has 19 heavy (non-hydrogen) atoms. The fraction of sp³-hybridized carbons (Fsp3) is 0.286. The van der Waals surface area contributed by atoms with Gasteiger partial charge in [-0.1, -0.05) is 24.3 Å². The number of carbonyl (C=O) groups excluding carboxylic acids is 1. The van der Waals surface area contributed by atoms with Crippen LogP contribution in [0.3, 0.4) is 0 Å². The summed E-state index contributed by atoms with van der Waals surface area (Å²) in [6, 6.07) is 7.89. The van der Waals surface area contributed by atoms with E-state index in [1.54, 1.807) is 31.2 Å². The Kier molecular flexibility index (Phi) is 4.30. The fourth-order valence-corrected chi connectivity index (χ4v) is 1.84. The lowest BCUT2D eigenvalue weighted by Crippen LogP contribution is -2.23. The summed E-state index contributed by atoms with van der Waals surface area (Å²) in [6.45, 7) is 1.02. The summed E-state index contributed by atoms with van der Waals surface area (Å²) >= 11 is 0. The summed E-state index contributed by atoms with van der Waals surface area (Å²) in [6.07, 6.45) is 3.24. The van der Waals surface area contributed by atoms with E-state index in [2.05, 4.69) is 10.4 Å². The molecule has 0 spiro atoms. The zero-order valence-electron chi connectivity index (χ0n) is 11.1. The third kappa shape index (κ3) is 3.42. The second-order valence-electron chi connectivity index (χ2n) is 4.29. The number of rotatable bonds is 5. The van der Waals surface area contributed by atoms with Gasteiger partial charge < -0.3 is 10.1 Å². The van der Waals surface area contributed by atoms with E-state index in [1.807, 2.05) is 24.3 Å². The second-order valence-corrected chi connectivity index (χ2v) is 4.29. The van der Waals surface area contributed by atoms with Gasteiger partial charge in [0.2, 0.25) is 0 Å².